The van der Waals surface area contributed by atoms with Crippen molar-refractivity contribution in [2.45, 2.75) is 24.6 Å². The highest BCUT2D eigenvalue weighted by molar-refractivity contribution is 8.01. The third-order valence-electron chi connectivity index (χ3n) is 12.3. The zero-order chi connectivity index (χ0) is 45.0. The monoisotopic (exact) mass is 895 g/mol. The Kier molecular flexibility index (Phi) is 12.4. The Hall–Kier alpha value is -6.58. The fourth-order valence-electron chi connectivity index (χ4n) is 9.70. The zero-order valence-electron chi connectivity index (χ0n) is 35.1. The van der Waals surface area contributed by atoms with Gasteiger partial charge in [-0.2, -0.15) is 0 Å². The second-order valence-corrected chi connectivity index (χ2v) is 20.1. The maximum absolute atomic E-state index is 14.2. The van der Waals surface area contributed by atoms with Crippen molar-refractivity contribution in [1.82, 2.24) is 4.90 Å². The molecule has 1 atom stereocenters. The molecule has 8 aromatic carbocycles. The number of carbonyl (C=O) groups is 2. The molecule has 322 valence electrons. The van der Waals surface area contributed by atoms with Gasteiger partial charge in [0.25, 0.3) is 0 Å². The number of nitrogens with zero attached hydrogens (tertiary/aromatic N) is 1. The van der Waals surface area contributed by atoms with E-state index in [2.05, 4.69) is 169 Å². The Morgan fingerprint density at radius 3 is 1.38 bits per heavy atom. The molecule has 1 saturated heterocycles. The highest BCUT2D eigenvalue weighted by Crippen LogP contribution is 2.56. The lowest BCUT2D eigenvalue weighted by Crippen LogP contribution is -2.68. The van der Waals surface area contributed by atoms with Crippen molar-refractivity contribution in [2.24, 2.45) is 0 Å². The van der Waals surface area contributed by atoms with Gasteiger partial charge in [-0.3, -0.25) is 14.5 Å². The highest BCUT2D eigenvalue weighted by Gasteiger charge is 2.55. The largest absolute Gasteiger partial charge is 0.460 e. The predicted molar refractivity (Wildman–Crippen MR) is 245 cm³/mol. The van der Waals surface area contributed by atoms with E-state index in [1.54, 1.807) is 0 Å². The van der Waals surface area contributed by atoms with Crippen molar-refractivity contribution in [2.75, 3.05) is 6.54 Å². The molecule has 1 fully saturated rings. The maximum Gasteiger partial charge on any atom is 0.324 e. The number of ketones is 1. The standard InChI is InChI=1S/C55H43NO3P.ClHO4/c57-44-37-53(56(38-44)55(43-17-5-1-6-18-43)51-27-15-13-25-49(51)50-26-14-16-28-52(50)55)54(58)59-39-40-29-31-41(32-30-40)42-33-35-48(36-34-42)60(45-19-7-2-8-20-45,46-21-9-3-10-22-46)47-23-11-4-12-24-47;2-1(3,4)5/h1-36,53H,37-39H2;(H,2,3,4,5)/q+1;/p-1/t53-;/m0./s1. The minimum Gasteiger partial charge on any atom is -0.460 e. The second-order valence-electron chi connectivity index (χ2n) is 16.0. The van der Waals surface area contributed by atoms with E-state index in [0.29, 0.717) is 0 Å². The van der Waals surface area contributed by atoms with Crippen LogP contribution in [0.15, 0.2) is 218 Å². The Morgan fingerprint density at radius 1 is 0.538 bits per heavy atom. The molecule has 1 heterocycles. The smallest absolute Gasteiger partial charge is 0.324 e. The van der Waals surface area contributed by atoms with Gasteiger partial charge in [-0.05, 0) is 93.0 Å². The first kappa shape index (κ1) is 43.7. The molecule has 0 spiro atoms. The first-order valence-corrected chi connectivity index (χ1v) is 24.2. The number of hydrogen-bond acceptors (Lipinski definition) is 8. The summed E-state index contributed by atoms with van der Waals surface area (Å²) in [4.78, 5) is 29.7. The van der Waals surface area contributed by atoms with Crippen LogP contribution in [0.2, 0.25) is 0 Å². The summed E-state index contributed by atoms with van der Waals surface area (Å²) in [6, 6.07) is 76.2. The van der Waals surface area contributed by atoms with Gasteiger partial charge in [-0.15, -0.1) is 10.2 Å². The van der Waals surface area contributed by atoms with Crippen LogP contribution in [0.4, 0.5) is 0 Å². The minimum atomic E-state index is -4.94. The molecule has 0 saturated carbocycles. The summed E-state index contributed by atoms with van der Waals surface area (Å²) < 4.78 is 40.1. The lowest BCUT2D eigenvalue weighted by molar-refractivity contribution is -2.00. The minimum absolute atomic E-state index is 0.0279. The van der Waals surface area contributed by atoms with Gasteiger partial charge in [0.15, 0.2) is 0 Å². The molecule has 65 heavy (non-hydrogen) atoms. The van der Waals surface area contributed by atoms with Crippen LogP contribution >= 0.6 is 7.26 Å². The fraction of sp³-hybridized carbons (Fsp3) is 0.0909. The van der Waals surface area contributed by atoms with Gasteiger partial charge in [-0.25, -0.2) is 18.6 Å². The van der Waals surface area contributed by atoms with Crippen LogP contribution in [0.1, 0.15) is 28.7 Å². The Balaban J connectivity index is 0.00000101. The molecule has 0 aromatic heterocycles. The van der Waals surface area contributed by atoms with Crippen molar-refractivity contribution >= 4 is 40.2 Å². The topological polar surface area (TPSA) is 139 Å². The van der Waals surface area contributed by atoms with Crippen LogP contribution in [0.3, 0.4) is 0 Å². The number of Topliss-reactive ketones (excluding diaryl/α,β-unsaturated/α-hetero) is 1. The highest BCUT2D eigenvalue weighted by atomic mass is 35.7. The number of carbonyl (C=O) groups excluding carboxylic acids is 2. The maximum atomic E-state index is 14.2. The van der Waals surface area contributed by atoms with E-state index >= 15 is 0 Å². The van der Waals surface area contributed by atoms with Crippen LogP contribution in [0.25, 0.3) is 22.3 Å². The molecule has 1 aliphatic heterocycles. The van der Waals surface area contributed by atoms with Crippen molar-refractivity contribution in [1.29, 1.82) is 0 Å². The number of hydrogen-bond donors (Lipinski definition) is 0. The molecule has 10 rings (SSSR count). The average molecular weight is 896 g/mol. The Labute approximate surface area is 380 Å². The Morgan fingerprint density at radius 2 is 0.923 bits per heavy atom. The number of halogens is 1. The summed E-state index contributed by atoms with van der Waals surface area (Å²) in [6.45, 7) is 0.260. The number of benzene rings is 8. The molecule has 10 heteroatoms. The lowest BCUT2D eigenvalue weighted by Gasteiger charge is -2.43. The molecular weight excluding hydrogens is 853 g/mol. The van der Waals surface area contributed by atoms with Crippen LogP contribution in [-0.2, 0) is 26.5 Å². The van der Waals surface area contributed by atoms with Crippen LogP contribution < -0.4 is 39.9 Å². The fourth-order valence-corrected chi connectivity index (χ4v) is 13.9. The lowest BCUT2D eigenvalue weighted by atomic mass is 9.78. The number of fused-ring (bicyclic) bond motifs is 3. The summed E-state index contributed by atoms with van der Waals surface area (Å²) in [6.07, 6.45) is 0.106. The van der Waals surface area contributed by atoms with Crippen molar-refractivity contribution < 1.29 is 43.2 Å². The van der Waals surface area contributed by atoms with E-state index in [0.717, 1.165) is 44.5 Å². The zero-order valence-corrected chi connectivity index (χ0v) is 36.8. The second kappa shape index (κ2) is 18.5. The van der Waals surface area contributed by atoms with E-state index in [-0.39, 0.29) is 31.3 Å². The normalized spacial score (nSPS) is 15.3. The number of rotatable bonds is 10. The SMILES string of the molecule is O=C1C[C@@H](C(=O)OCc2ccc(-c3ccc([P+](c4ccccc4)(c4ccccc4)c4ccccc4)cc3)cc2)N(C2(c3ccccc3)c3ccccc3-c3ccccc32)C1.[O-][Cl+3]([O-])([O-])[O-]. The van der Waals surface area contributed by atoms with Gasteiger partial charge in [0, 0.05) is 6.42 Å². The molecule has 0 N–H and O–H groups in total. The van der Waals surface area contributed by atoms with Gasteiger partial charge < -0.3 is 4.74 Å². The van der Waals surface area contributed by atoms with Gasteiger partial charge in [0.1, 0.15) is 46.9 Å². The van der Waals surface area contributed by atoms with Crippen molar-refractivity contribution in [3.05, 3.63) is 241 Å². The van der Waals surface area contributed by atoms with Crippen LogP contribution in [0.5, 0.6) is 0 Å². The summed E-state index contributed by atoms with van der Waals surface area (Å²) >= 11 is 0. The molecule has 8 nitrogen and oxygen atoms in total. The van der Waals surface area contributed by atoms with E-state index in [9.17, 15) is 9.59 Å². The van der Waals surface area contributed by atoms with Gasteiger partial charge in [0.05, 0.1) is 12.1 Å². The predicted octanol–water partition coefficient (Wildman–Crippen LogP) is 4.88. The number of esters is 1. The Bertz CT molecular complexity index is 2760. The number of likely N-dealkylation sites (tertiary alicyclic amines) is 1. The van der Waals surface area contributed by atoms with E-state index in [1.807, 2.05) is 54.6 Å². The molecule has 2 aliphatic rings. The molecular formula is C55H43ClNO7P. The molecule has 0 radical (unpaired) electrons. The summed E-state index contributed by atoms with van der Waals surface area (Å²) in [5.74, 6) is -0.361. The molecule has 8 aromatic rings. The van der Waals surface area contributed by atoms with Crippen LogP contribution in [-0.4, -0.2) is 29.2 Å². The van der Waals surface area contributed by atoms with Crippen molar-refractivity contribution in [3.8, 4) is 22.3 Å². The molecule has 0 amide bonds. The van der Waals surface area contributed by atoms with E-state index in [1.165, 1.54) is 21.2 Å². The van der Waals surface area contributed by atoms with E-state index < -0.39 is 29.1 Å². The quantitative estimate of drug-likeness (QED) is 0.140. The third kappa shape index (κ3) is 8.46. The van der Waals surface area contributed by atoms with Gasteiger partial charge >= 0.3 is 5.97 Å². The van der Waals surface area contributed by atoms with Crippen molar-refractivity contribution in [3.63, 3.8) is 0 Å². The van der Waals surface area contributed by atoms with Gasteiger partial charge in [0.2, 0.25) is 0 Å². The third-order valence-corrected chi connectivity index (χ3v) is 16.6. The first-order chi connectivity index (χ1) is 31.6. The summed E-state index contributed by atoms with van der Waals surface area (Å²) in [5.41, 5.74) is 7.64. The summed E-state index contributed by atoms with van der Waals surface area (Å²) in [5, 5.41) is 5.23. The average Bonchev–Trinajstić information content (AvgIpc) is 3.88. The van der Waals surface area contributed by atoms with Crippen LogP contribution in [0, 0.1) is 10.2 Å². The number of ether oxygens (including phenoxy) is 1. The first-order valence-electron chi connectivity index (χ1n) is 21.2. The van der Waals surface area contributed by atoms with E-state index in [4.69, 9.17) is 23.4 Å². The summed E-state index contributed by atoms with van der Waals surface area (Å²) in [7, 11) is -7.14. The van der Waals surface area contributed by atoms with Gasteiger partial charge in [-0.1, -0.05) is 170 Å². The molecule has 0 bridgehead atoms. The molecule has 1 aliphatic carbocycles. The molecule has 0 unspecified atom stereocenters.